The number of nitrogens with zero attached hydrogens (tertiary/aromatic N) is 3. The number of aryl methyl sites for hydroxylation is 1. The normalized spacial score (nSPS) is 25.4. The fourth-order valence-electron chi connectivity index (χ4n) is 3.83. The van der Waals surface area contributed by atoms with Crippen molar-refractivity contribution in [3.8, 4) is 0 Å². The van der Waals surface area contributed by atoms with E-state index in [1.54, 1.807) is 4.90 Å². The van der Waals surface area contributed by atoms with Crippen molar-refractivity contribution in [2.75, 3.05) is 39.8 Å². The van der Waals surface area contributed by atoms with Crippen molar-refractivity contribution in [2.45, 2.75) is 26.3 Å². The number of likely N-dealkylation sites (tertiary alicyclic amines) is 1. The molecule has 0 aromatic heterocycles. The molecule has 2 amide bonds. The van der Waals surface area contributed by atoms with Gasteiger partial charge in [-0.05, 0) is 19.0 Å². The summed E-state index contributed by atoms with van der Waals surface area (Å²) in [4.78, 5) is 31.4. The van der Waals surface area contributed by atoms with Crippen LogP contribution in [0.1, 0.15) is 30.5 Å². The Labute approximate surface area is 144 Å². The molecule has 2 aliphatic heterocycles. The second-order valence-corrected chi connectivity index (χ2v) is 6.93. The molecule has 3 rings (SSSR count). The van der Waals surface area contributed by atoms with Crippen molar-refractivity contribution in [2.24, 2.45) is 5.92 Å². The van der Waals surface area contributed by atoms with E-state index in [4.69, 9.17) is 0 Å². The second kappa shape index (κ2) is 6.93. The molecule has 0 N–H and O–H groups in total. The van der Waals surface area contributed by atoms with E-state index < -0.39 is 0 Å². The van der Waals surface area contributed by atoms with Crippen LogP contribution < -0.4 is 0 Å². The van der Waals surface area contributed by atoms with E-state index in [0.29, 0.717) is 6.42 Å². The summed E-state index contributed by atoms with van der Waals surface area (Å²) >= 11 is 0. The molecule has 5 heteroatoms. The zero-order valence-electron chi connectivity index (χ0n) is 14.9. The number of carbonyl (C=O) groups is 2. The Kier molecular flexibility index (Phi) is 4.90. The maximum Gasteiger partial charge on any atom is 0.228 e. The lowest BCUT2D eigenvalue weighted by Gasteiger charge is -2.36. The van der Waals surface area contributed by atoms with Crippen molar-refractivity contribution in [3.63, 3.8) is 0 Å². The monoisotopic (exact) mass is 329 g/mol. The number of amides is 2. The fraction of sp³-hybridized carbons (Fsp3) is 0.579. The Morgan fingerprint density at radius 3 is 2.33 bits per heavy atom. The lowest BCUT2D eigenvalue weighted by Crippen LogP contribution is -2.50. The number of likely N-dealkylation sites (N-methyl/N-ethyl adjacent to an activating group) is 1. The highest BCUT2D eigenvalue weighted by Crippen LogP contribution is 2.38. The van der Waals surface area contributed by atoms with Gasteiger partial charge in [-0.1, -0.05) is 36.8 Å². The highest BCUT2D eigenvalue weighted by molar-refractivity contribution is 5.90. The van der Waals surface area contributed by atoms with Crippen molar-refractivity contribution >= 4 is 11.8 Å². The quantitative estimate of drug-likeness (QED) is 0.847. The molecule has 0 radical (unpaired) electrons. The molecule has 2 atom stereocenters. The summed E-state index contributed by atoms with van der Waals surface area (Å²) < 4.78 is 0. The molecule has 0 spiro atoms. The zero-order chi connectivity index (χ0) is 17.3. The van der Waals surface area contributed by atoms with Gasteiger partial charge in [0.15, 0.2) is 0 Å². The first-order chi connectivity index (χ1) is 11.5. The van der Waals surface area contributed by atoms with Crippen LogP contribution in [0.15, 0.2) is 24.3 Å². The van der Waals surface area contributed by atoms with Crippen molar-refractivity contribution in [1.29, 1.82) is 0 Å². The SMILES string of the molecule is CCN1CCN(C(=O)[C@H]2CC(=O)N(C)[C@@H]2c2ccc(C)cc2)CC1. The van der Waals surface area contributed by atoms with Crippen LogP contribution in [0.4, 0.5) is 0 Å². The average molecular weight is 329 g/mol. The van der Waals surface area contributed by atoms with Gasteiger partial charge in [-0.25, -0.2) is 0 Å². The topological polar surface area (TPSA) is 43.9 Å². The van der Waals surface area contributed by atoms with E-state index in [9.17, 15) is 9.59 Å². The minimum Gasteiger partial charge on any atom is -0.340 e. The fourth-order valence-corrected chi connectivity index (χ4v) is 3.83. The molecular formula is C19H27N3O2. The Balaban J connectivity index is 1.78. The summed E-state index contributed by atoms with van der Waals surface area (Å²) in [6.45, 7) is 8.60. The minimum atomic E-state index is -0.265. The van der Waals surface area contributed by atoms with E-state index in [1.165, 1.54) is 5.56 Å². The van der Waals surface area contributed by atoms with Gasteiger partial charge >= 0.3 is 0 Å². The third-order valence-corrected chi connectivity index (χ3v) is 5.45. The molecule has 2 fully saturated rings. The molecule has 1 aromatic carbocycles. The first-order valence-corrected chi connectivity index (χ1v) is 8.84. The molecule has 0 bridgehead atoms. The van der Waals surface area contributed by atoms with E-state index >= 15 is 0 Å². The van der Waals surface area contributed by atoms with Gasteiger partial charge in [0.05, 0.1) is 12.0 Å². The van der Waals surface area contributed by atoms with Gasteiger partial charge < -0.3 is 14.7 Å². The average Bonchev–Trinajstić information content (AvgIpc) is 2.90. The number of piperazine rings is 1. The lowest BCUT2D eigenvalue weighted by molar-refractivity contribution is -0.138. The van der Waals surface area contributed by atoms with E-state index in [1.807, 2.05) is 43.1 Å². The van der Waals surface area contributed by atoms with Crippen LogP contribution in [0, 0.1) is 12.8 Å². The number of hydrogen-bond acceptors (Lipinski definition) is 3. The van der Waals surface area contributed by atoms with Crippen LogP contribution in [-0.4, -0.2) is 66.3 Å². The Morgan fingerprint density at radius 1 is 1.12 bits per heavy atom. The van der Waals surface area contributed by atoms with Gasteiger partial charge in [-0.2, -0.15) is 0 Å². The van der Waals surface area contributed by atoms with Crippen molar-refractivity contribution in [1.82, 2.24) is 14.7 Å². The molecule has 0 aliphatic carbocycles. The number of carbonyl (C=O) groups excluding carboxylic acids is 2. The molecule has 0 saturated carbocycles. The Bertz CT molecular complexity index is 606. The molecule has 2 heterocycles. The summed E-state index contributed by atoms with van der Waals surface area (Å²) in [5.74, 6) is -0.0708. The number of hydrogen-bond donors (Lipinski definition) is 0. The van der Waals surface area contributed by atoms with Crippen LogP contribution in [0.3, 0.4) is 0 Å². The van der Waals surface area contributed by atoms with Gasteiger partial charge in [0.25, 0.3) is 0 Å². The molecule has 1 aromatic rings. The highest BCUT2D eigenvalue weighted by Gasteiger charge is 2.44. The van der Waals surface area contributed by atoms with Gasteiger partial charge in [0, 0.05) is 39.6 Å². The van der Waals surface area contributed by atoms with Gasteiger partial charge in [-0.15, -0.1) is 0 Å². The van der Waals surface area contributed by atoms with Gasteiger partial charge in [0.2, 0.25) is 11.8 Å². The molecule has 5 nitrogen and oxygen atoms in total. The third kappa shape index (κ3) is 3.18. The van der Waals surface area contributed by atoms with E-state index in [0.717, 1.165) is 38.3 Å². The molecular weight excluding hydrogens is 302 g/mol. The summed E-state index contributed by atoms with van der Waals surface area (Å²) in [6, 6.07) is 8.05. The van der Waals surface area contributed by atoms with Gasteiger partial charge in [-0.3, -0.25) is 9.59 Å². The summed E-state index contributed by atoms with van der Waals surface area (Å²) in [5, 5.41) is 0. The smallest absolute Gasteiger partial charge is 0.228 e. The van der Waals surface area contributed by atoms with Crippen LogP contribution in [-0.2, 0) is 9.59 Å². The van der Waals surface area contributed by atoms with Crippen LogP contribution in [0.5, 0.6) is 0 Å². The first-order valence-electron chi connectivity index (χ1n) is 8.84. The maximum absolute atomic E-state index is 13.1. The van der Waals surface area contributed by atoms with Crippen LogP contribution >= 0.6 is 0 Å². The summed E-state index contributed by atoms with van der Waals surface area (Å²) in [5.41, 5.74) is 2.24. The van der Waals surface area contributed by atoms with E-state index in [-0.39, 0.29) is 23.8 Å². The number of rotatable bonds is 3. The number of benzene rings is 1. The molecule has 24 heavy (non-hydrogen) atoms. The second-order valence-electron chi connectivity index (χ2n) is 6.93. The first kappa shape index (κ1) is 17.0. The third-order valence-electron chi connectivity index (χ3n) is 5.45. The standard InChI is InChI=1S/C19H27N3O2/c1-4-21-9-11-22(12-10-21)19(24)16-13-17(23)20(3)18(16)15-7-5-14(2)6-8-15/h5-8,16,18H,4,9-13H2,1-3H3/t16-,18+/m0/s1. The molecule has 2 saturated heterocycles. The van der Waals surface area contributed by atoms with Crippen molar-refractivity contribution in [3.05, 3.63) is 35.4 Å². The molecule has 2 aliphatic rings. The zero-order valence-corrected chi connectivity index (χ0v) is 14.9. The Morgan fingerprint density at radius 2 is 1.75 bits per heavy atom. The van der Waals surface area contributed by atoms with Crippen LogP contribution in [0.2, 0.25) is 0 Å². The molecule has 0 unspecified atom stereocenters. The lowest BCUT2D eigenvalue weighted by atomic mass is 9.91. The molecule has 130 valence electrons. The highest BCUT2D eigenvalue weighted by atomic mass is 16.2. The summed E-state index contributed by atoms with van der Waals surface area (Å²) in [7, 11) is 1.81. The Hall–Kier alpha value is -1.88. The van der Waals surface area contributed by atoms with Gasteiger partial charge in [0.1, 0.15) is 0 Å². The predicted molar refractivity (Wildman–Crippen MR) is 93.5 cm³/mol. The maximum atomic E-state index is 13.1. The minimum absolute atomic E-state index is 0.0612. The van der Waals surface area contributed by atoms with Crippen molar-refractivity contribution < 1.29 is 9.59 Å². The largest absolute Gasteiger partial charge is 0.340 e. The van der Waals surface area contributed by atoms with Crippen LogP contribution in [0.25, 0.3) is 0 Å². The summed E-state index contributed by atoms with van der Waals surface area (Å²) in [6.07, 6.45) is 0.321. The predicted octanol–water partition coefficient (Wildman–Crippen LogP) is 1.68. The van der Waals surface area contributed by atoms with E-state index in [2.05, 4.69) is 11.8 Å².